The number of nitrogens with two attached hydrogens (primary N) is 1. The molecule has 148 valence electrons. The first-order valence-corrected chi connectivity index (χ1v) is 9.73. The normalized spacial score (nSPS) is 11.4. The van der Waals surface area contributed by atoms with Gasteiger partial charge in [0.15, 0.2) is 0 Å². The first kappa shape index (κ1) is 23.0. The second-order valence-corrected chi connectivity index (χ2v) is 8.81. The predicted octanol–water partition coefficient (Wildman–Crippen LogP) is 2.99. The summed E-state index contributed by atoms with van der Waals surface area (Å²) in [4.78, 5) is 12.4. The summed E-state index contributed by atoms with van der Waals surface area (Å²) in [6.45, 7) is 7.52. The van der Waals surface area contributed by atoms with E-state index < -0.39 is 15.6 Å². The Morgan fingerprint density at radius 1 is 1.11 bits per heavy atom. The van der Waals surface area contributed by atoms with E-state index in [-0.39, 0.29) is 29.8 Å². The smallest absolute Gasteiger partial charge is 0.261 e. The molecule has 6 nitrogen and oxygen atoms in total. The molecule has 1 amide bonds. The van der Waals surface area contributed by atoms with Gasteiger partial charge in [0.2, 0.25) is 0 Å². The monoisotopic (exact) mass is 411 g/mol. The lowest BCUT2D eigenvalue weighted by Crippen LogP contribution is -2.45. The van der Waals surface area contributed by atoms with E-state index in [0.717, 1.165) is 5.56 Å². The highest BCUT2D eigenvalue weighted by Gasteiger charge is 2.19. The van der Waals surface area contributed by atoms with Crippen LogP contribution in [-0.4, -0.2) is 26.4 Å². The van der Waals surface area contributed by atoms with Gasteiger partial charge in [0.25, 0.3) is 15.9 Å². The Hall–Kier alpha value is -2.09. The Bertz CT molecular complexity index is 922. The summed E-state index contributed by atoms with van der Waals surface area (Å²) < 4.78 is 27.8. The van der Waals surface area contributed by atoms with Crippen LogP contribution in [0.4, 0.5) is 5.69 Å². The third kappa shape index (κ3) is 6.53. The molecule has 0 unspecified atom stereocenters. The molecule has 0 spiro atoms. The van der Waals surface area contributed by atoms with Gasteiger partial charge in [-0.25, -0.2) is 8.42 Å². The van der Waals surface area contributed by atoms with Crippen molar-refractivity contribution in [2.24, 2.45) is 5.73 Å². The Kier molecular flexibility index (Phi) is 7.42. The number of halogens is 1. The largest absolute Gasteiger partial charge is 0.350 e. The fraction of sp³-hybridized carbons (Fsp3) is 0.316. The average molecular weight is 412 g/mol. The average Bonchev–Trinajstić information content (AvgIpc) is 2.51. The predicted molar refractivity (Wildman–Crippen MR) is 111 cm³/mol. The molecule has 27 heavy (non-hydrogen) atoms. The van der Waals surface area contributed by atoms with Gasteiger partial charge in [-0.05, 0) is 63.1 Å². The fourth-order valence-corrected chi connectivity index (χ4v) is 3.41. The summed E-state index contributed by atoms with van der Waals surface area (Å²) >= 11 is 0. The third-order valence-corrected chi connectivity index (χ3v) is 5.12. The zero-order valence-corrected chi connectivity index (χ0v) is 17.5. The minimum atomic E-state index is -3.80. The standard InChI is InChI=1S/C19H25N3O3S.ClH/c1-13-6-5-7-15(10-13)22-26(24,25)16-9-8-14(2)17(11-16)18(23)21-12-19(3,4)20;/h5-11,22H,12,20H2,1-4H3,(H,21,23);1H. The molecule has 2 aromatic carbocycles. The highest BCUT2D eigenvalue weighted by molar-refractivity contribution is 7.92. The van der Waals surface area contributed by atoms with E-state index >= 15 is 0 Å². The quantitative estimate of drug-likeness (QED) is 0.680. The summed E-state index contributed by atoms with van der Waals surface area (Å²) in [6.07, 6.45) is 0. The molecule has 2 aromatic rings. The lowest BCUT2D eigenvalue weighted by Gasteiger charge is -2.19. The zero-order valence-electron chi connectivity index (χ0n) is 15.9. The Morgan fingerprint density at radius 2 is 1.78 bits per heavy atom. The first-order chi connectivity index (χ1) is 12.0. The first-order valence-electron chi connectivity index (χ1n) is 8.25. The maximum Gasteiger partial charge on any atom is 0.261 e. The molecule has 8 heteroatoms. The zero-order chi connectivity index (χ0) is 19.5. The van der Waals surface area contributed by atoms with Gasteiger partial charge in [-0.1, -0.05) is 18.2 Å². The van der Waals surface area contributed by atoms with Gasteiger partial charge in [0.1, 0.15) is 0 Å². The van der Waals surface area contributed by atoms with Crippen LogP contribution in [0.25, 0.3) is 0 Å². The lowest BCUT2D eigenvalue weighted by molar-refractivity contribution is 0.0945. The summed E-state index contributed by atoms with van der Waals surface area (Å²) in [5, 5.41) is 2.74. The van der Waals surface area contributed by atoms with E-state index in [0.29, 0.717) is 16.8 Å². The van der Waals surface area contributed by atoms with Crippen LogP contribution >= 0.6 is 12.4 Å². The van der Waals surface area contributed by atoms with Gasteiger partial charge in [0.05, 0.1) is 4.90 Å². The number of hydrogen-bond donors (Lipinski definition) is 3. The molecule has 0 bridgehead atoms. The van der Waals surface area contributed by atoms with Crippen LogP contribution in [0.5, 0.6) is 0 Å². The maximum atomic E-state index is 12.7. The Morgan fingerprint density at radius 3 is 2.37 bits per heavy atom. The van der Waals surface area contributed by atoms with Crippen molar-refractivity contribution < 1.29 is 13.2 Å². The summed E-state index contributed by atoms with van der Waals surface area (Å²) in [6, 6.07) is 11.6. The highest BCUT2D eigenvalue weighted by Crippen LogP contribution is 2.20. The second kappa shape index (κ2) is 8.73. The fourth-order valence-electron chi connectivity index (χ4n) is 2.34. The van der Waals surface area contributed by atoms with Gasteiger partial charge in [-0.3, -0.25) is 9.52 Å². The third-order valence-electron chi connectivity index (χ3n) is 3.74. The van der Waals surface area contributed by atoms with Crippen molar-refractivity contribution >= 4 is 34.0 Å². The molecule has 0 aliphatic carbocycles. The van der Waals surface area contributed by atoms with Crippen LogP contribution in [0.1, 0.15) is 35.3 Å². The molecule has 0 heterocycles. The van der Waals surface area contributed by atoms with Crippen LogP contribution in [0.2, 0.25) is 0 Å². The molecule has 0 aliphatic heterocycles. The van der Waals surface area contributed by atoms with E-state index in [2.05, 4.69) is 10.0 Å². The van der Waals surface area contributed by atoms with E-state index in [4.69, 9.17) is 5.73 Å². The lowest BCUT2D eigenvalue weighted by atomic mass is 10.1. The van der Waals surface area contributed by atoms with Gasteiger partial charge >= 0.3 is 0 Å². The van der Waals surface area contributed by atoms with Crippen molar-refractivity contribution in [3.8, 4) is 0 Å². The van der Waals surface area contributed by atoms with E-state index in [1.165, 1.54) is 12.1 Å². The van der Waals surface area contributed by atoms with Gasteiger partial charge < -0.3 is 11.1 Å². The summed E-state index contributed by atoms with van der Waals surface area (Å²) in [5.74, 6) is -0.353. The van der Waals surface area contributed by atoms with Crippen LogP contribution in [-0.2, 0) is 10.0 Å². The summed E-state index contributed by atoms with van der Waals surface area (Å²) in [5.41, 5.74) is 7.73. The molecule has 4 N–H and O–H groups in total. The molecule has 0 radical (unpaired) electrons. The molecule has 0 saturated carbocycles. The minimum absolute atomic E-state index is 0. The maximum absolute atomic E-state index is 12.7. The summed E-state index contributed by atoms with van der Waals surface area (Å²) in [7, 11) is -3.80. The topological polar surface area (TPSA) is 101 Å². The molecule has 0 saturated heterocycles. The highest BCUT2D eigenvalue weighted by atomic mass is 35.5. The van der Waals surface area contributed by atoms with Crippen LogP contribution < -0.4 is 15.8 Å². The van der Waals surface area contributed by atoms with Gasteiger partial charge in [-0.15, -0.1) is 12.4 Å². The number of rotatable bonds is 6. The molecular formula is C19H26ClN3O3S. The minimum Gasteiger partial charge on any atom is -0.350 e. The van der Waals surface area contributed by atoms with Crippen molar-refractivity contribution in [3.63, 3.8) is 0 Å². The van der Waals surface area contributed by atoms with E-state index in [9.17, 15) is 13.2 Å². The number of benzene rings is 2. The molecule has 0 aromatic heterocycles. The number of hydrogen-bond acceptors (Lipinski definition) is 4. The van der Waals surface area contributed by atoms with Crippen molar-refractivity contribution in [2.45, 2.75) is 38.1 Å². The molecule has 0 atom stereocenters. The SMILES string of the molecule is Cc1cccc(NS(=O)(=O)c2ccc(C)c(C(=O)NCC(C)(C)N)c2)c1.Cl. The van der Waals surface area contributed by atoms with Crippen molar-refractivity contribution in [2.75, 3.05) is 11.3 Å². The van der Waals surface area contributed by atoms with Gasteiger partial charge in [0, 0.05) is 23.3 Å². The number of carbonyl (C=O) groups is 1. The van der Waals surface area contributed by atoms with E-state index in [1.54, 1.807) is 45.0 Å². The number of amides is 1. The number of anilines is 1. The van der Waals surface area contributed by atoms with Crippen molar-refractivity contribution in [1.82, 2.24) is 5.32 Å². The molecule has 2 rings (SSSR count). The van der Waals surface area contributed by atoms with Crippen molar-refractivity contribution in [3.05, 3.63) is 59.2 Å². The molecule has 0 fully saturated rings. The molecule has 0 aliphatic rings. The van der Waals surface area contributed by atoms with Gasteiger partial charge in [-0.2, -0.15) is 0 Å². The number of aryl methyl sites for hydroxylation is 2. The Balaban J connectivity index is 0.00000364. The van der Waals surface area contributed by atoms with Crippen molar-refractivity contribution in [1.29, 1.82) is 0 Å². The van der Waals surface area contributed by atoms with Crippen LogP contribution in [0, 0.1) is 13.8 Å². The number of nitrogens with one attached hydrogen (secondary N) is 2. The Labute approximate surface area is 167 Å². The molecular weight excluding hydrogens is 386 g/mol. The number of carbonyl (C=O) groups excluding carboxylic acids is 1. The van der Waals surface area contributed by atoms with Crippen LogP contribution in [0.3, 0.4) is 0 Å². The van der Waals surface area contributed by atoms with Crippen LogP contribution in [0.15, 0.2) is 47.4 Å². The second-order valence-electron chi connectivity index (χ2n) is 7.12. The van der Waals surface area contributed by atoms with E-state index in [1.807, 2.05) is 13.0 Å². The number of sulfonamides is 1.